The molecule has 1 fully saturated rings. The predicted molar refractivity (Wildman–Crippen MR) is 144 cm³/mol. The quantitative estimate of drug-likeness (QED) is 0.211. The second-order valence-electron chi connectivity index (χ2n) is 9.61. The number of aromatic nitrogens is 4. The number of anilines is 2. The van der Waals surface area contributed by atoms with E-state index in [1.54, 1.807) is 6.92 Å². The molecule has 1 saturated carbocycles. The fourth-order valence-corrected chi connectivity index (χ4v) is 5.08. The molecule has 1 atom stereocenters. The van der Waals surface area contributed by atoms with Gasteiger partial charge in [0, 0.05) is 42.3 Å². The maximum atomic E-state index is 15.7. The van der Waals surface area contributed by atoms with Gasteiger partial charge in [-0.2, -0.15) is 13.2 Å². The van der Waals surface area contributed by atoms with Crippen molar-refractivity contribution in [2.75, 3.05) is 29.4 Å². The van der Waals surface area contributed by atoms with Crippen LogP contribution in [0, 0.1) is 5.82 Å². The van der Waals surface area contributed by atoms with E-state index in [1.807, 2.05) is 4.72 Å². The smallest absolute Gasteiger partial charge is 0.407 e. The van der Waals surface area contributed by atoms with Gasteiger partial charge in [0.2, 0.25) is 16.0 Å². The molecule has 0 unspecified atom stereocenters. The summed E-state index contributed by atoms with van der Waals surface area (Å²) in [5.41, 5.74) is -0.193. The molecule has 0 radical (unpaired) electrons. The van der Waals surface area contributed by atoms with Crippen LogP contribution in [-0.4, -0.2) is 76.0 Å². The van der Waals surface area contributed by atoms with E-state index in [4.69, 9.17) is 16.7 Å². The van der Waals surface area contributed by atoms with E-state index in [1.165, 1.54) is 25.4 Å². The molecule has 1 amide bonds. The molecule has 4 N–H and O–H groups in total. The van der Waals surface area contributed by atoms with E-state index in [2.05, 4.69) is 25.3 Å². The summed E-state index contributed by atoms with van der Waals surface area (Å²) < 4.78 is 79.9. The number of carbonyl (C=O) groups is 1. The number of halogens is 5. The lowest BCUT2D eigenvalue weighted by atomic mass is 10.1. The number of likely N-dealkylation sites (N-methyl/N-ethyl adjacent to an activating group) is 1. The molecule has 41 heavy (non-hydrogen) atoms. The second kappa shape index (κ2) is 11.7. The van der Waals surface area contributed by atoms with Gasteiger partial charge in [-0.05, 0) is 38.0 Å². The number of nitrogens with one attached hydrogen (secondary N) is 3. The van der Waals surface area contributed by atoms with Crippen LogP contribution in [0.1, 0.15) is 37.9 Å². The number of sulfonamides is 1. The Morgan fingerprint density at radius 2 is 2.00 bits per heavy atom. The first-order valence-electron chi connectivity index (χ1n) is 12.3. The van der Waals surface area contributed by atoms with Crippen molar-refractivity contribution in [1.29, 1.82) is 0 Å². The van der Waals surface area contributed by atoms with Gasteiger partial charge in [0.05, 0.1) is 29.2 Å². The number of hydrogen-bond donors (Lipinski definition) is 4. The summed E-state index contributed by atoms with van der Waals surface area (Å²) in [6.07, 6.45) is -4.30. The zero-order chi connectivity index (χ0) is 30.1. The molecule has 1 aliphatic rings. The minimum atomic E-state index is -4.72. The first kappa shape index (κ1) is 30.3. The number of carboxylic acid groups (broad SMARTS) is 1. The van der Waals surface area contributed by atoms with Crippen LogP contribution in [0.5, 0.6) is 0 Å². The SMILES string of the molecule is C[C@@H](CNc1nccc(-c2[nH]c(C3CC3)nc2-c2cc(Cl)cc(NS(=O)(=O)CCC(F)(F)F)c2F)n1)N(C)C(=O)O. The molecular formula is C24H26ClF4N7O4S. The highest BCUT2D eigenvalue weighted by molar-refractivity contribution is 7.92. The van der Waals surface area contributed by atoms with Gasteiger partial charge in [0.1, 0.15) is 11.5 Å². The van der Waals surface area contributed by atoms with Crippen LogP contribution >= 0.6 is 11.6 Å². The van der Waals surface area contributed by atoms with Gasteiger partial charge >= 0.3 is 12.3 Å². The Hall–Kier alpha value is -3.66. The second-order valence-corrected chi connectivity index (χ2v) is 11.9. The fraction of sp³-hybridized carbons (Fsp3) is 0.417. The summed E-state index contributed by atoms with van der Waals surface area (Å²) >= 11 is 6.17. The number of amides is 1. The van der Waals surface area contributed by atoms with E-state index >= 15 is 4.39 Å². The zero-order valence-corrected chi connectivity index (χ0v) is 23.3. The van der Waals surface area contributed by atoms with E-state index in [0.29, 0.717) is 11.5 Å². The van der Waals surface area contributed by atoms with Crippen molar-refractivity contribution in [1.82, 2.24) is 24.8 Å². The molecule has 1 aliphatic carbocycles. The van der Waals surface area contributed by atoms with Gasteiger partial charge in [0.25, 0.3) is 0 Å². The van der Waals surface area contributed by atoms with E-state index < -0.39 is 52.0 Å². The van der Waals surface area contributed by atoms with Crippen molar-refractivity contribution in [3.8, 4) is 22.6 Å². The summed E-state index contributed by atoms with van der Waals surface area (Å²) in [6.45, 7) is 1.88. The van der Waals surface area contributed by atoms with Gasteiger partial charge in [-0.15, -0.1) is 0 Å². The number of hydrogen-bond acceptors (Lipinski definition) is 7. The molecule has 2 heterocycles. The number of imidazole rings is 1. The molecule has 0 saturated heterocycles. The van der Waals surface area contributed by atoms with Crippen LogP contribution < -0.4 is 10.0 Å². The third kappa shape index (κ3) is 7.75. The summed E-state index contributed by atoms with van der Waals surface area (Å²) in [5.74, 6) is -1.58. The molecule has 17 heteroatoms. The monoisotopic (exact) mass is 619 g/mol. The zero-order valence-electron chi connectivity index (χ0n) is 21.8. The molecule has 0 bridgehead atoms. The van der Waals surface area contributed by atoms with Crippen LogP contribution in [0.25, 0.3) is 22.6 Å². The lowest BCUT2D eigenvalue weighted by molar-refractivity contribution is -0.129. The van der Waals surface area contributed by atoms with Gasteiger partial charge in [0.15, 0.2) is 5.82 Å². The first-order valence-corrected chi connectivity index (χ1v) is 14.4. The number of aromatic amines is 1. The van der Waals surface area contributed by atoms with Crippen LogP contribution in [-0.2, 0) is 10.0 Å². The molecule has 1 aromatic carbocycles. The Morgan fingerprint density at radius 3 is 2.63 bits per heavy atom. The van der Waals surface area contributed by atoms with Gasteiger partial charge in [-0.25, -0.2) is 32.6 Å². The molecule has 0 spiro atoms. The summed E-state index contributed by atoms with van der Waals surface area (Å²) in [5, 5.41) is 12.0. The lowest BCUT2D eigenvalue weighted by Gasteiger charge is -2.21. The number of benzene rings is 1. The normalized spacial score (nSPS) is 14.5. The molecule has 222 valence electrons. The van der Waals surface area contributed by atoms with Crippen LogP contribution in [0.3, 0.4) is 0 Å². The van der Waals surface area contributed by atoms with Crippen molar-refractivity contribution in [3.05, 3.63) is 41.1 Å². The Morgan fingerprint density at radius 1 is 1.29 bits per heavy atom. The number of rotatable bonds is 11. The van der Waals surface area contributed by atoms with Gasteiger partial charge in [-0.3, -0.25) is 4.72 Å². The van der Waals surface area contributed by atoms with Crippen molar-refractivity contribution >= 4 is 39.4 Å². The highest BCUT2D eigenvalue weighted by atomic mass is 35.5. The van der Waals surface area contributed by atoms with Gasteiger partial charge in [-0.1, -0.05) is 11.6 Å². The van der Waals surface area contributed by atoms with Crippen molar-refractivity contribution in [3.63, 3.8) is 0 Å². The standard InChI is InChI=1S/C24H26ClF4N7O4S/c1-12(36(2)23(37)38)11-31-22-30-7-5-16(32-22)20-19(33-21(34-20)13-3-4-13)15-9-14(25)10-17(18(15)26)35-41(39,40)8-6-24(27,28)29/h5,7,9-10,12-13,35H,3-4,6,8,11H2,1-2H3,(H,33,34)(H,37,38)(H,30,31,32)/t12-/m0/s1. The first-order chi connectivity index (χ1) is 19.1. The Balaban J connectivity index is 1.68. The molecule has 2 aromatic heterocycles. The lowest BCUT2D eigenvalue weighted by Crippen LogP contribution is -2.38. The average Bonchev–Trinajstić information content (AvgIpc) is 3.65. The molecular weight excluding hydrogens is 594 g/mol. The van der Waals surface area contributed by atoms with Crippen molar-refractivity contribution < 1.29 is 35.9 Å². The maximum Gasteiger partial charge on any atom is 0.407 e. The van der Waals surface area contributed by atoms with Crippen LogP contribution in [0.4, 0.5) is 34.0 Å². The minimum absolute atomic E-state index is 0.0614. The van der Waals surface area contributed by atoms with Crippen LogP contribution in [0.15, 0.2) is 24.4 Å². The van der Waals surface area contributed by atoms with E-state index in [0.717, 1.165) is 23.8 Å². The van der Waals surface area contributed by atoms with E-state index in [9.17, 15) is 26.4 Å². The maximum absolute atomic E-state index is 15.7. The molecule has 4 rings (SSSR count). The van der Waals surface area contributed by atoms with E-state index in [-0.39, 0.29) is 40.4 Å². The number of H-pyrrole nitrogens is 1. The Bertz CT molecular complexity index is 1550. The molecule has 3 aromatic rings. The Labute approximate surface area is 237 Å². The fourth-order valence-electron chi connectivity index (χ4n) is 3.77. The third-order valence-corrected chi connectivity index (χ3v) is 7.82. The topological polar surface area (TPSA) is 153 Å². The third-order valence-electron chi connectivity index (χ3n) is 6.33. The average molecular weight is 620 g/mol. The van der Waals surface area contributed by atoms with Crippen molar-refractivity contribution in [2.24, 2.45) is 0 Å². The minimum Gasteiger partial charge on any atom is -0.465 e. The highest BCUT2D eigenvalue weighted by Crippen LogP contribution is 2.43. The number of alkyl halides is 3. The summed E-state index contributed by atoms with van der Waals surface area (Å²) in [7, 11) is -3.14. The number of nitrogens with zero attached hydrogens (tertiary/aromatic N) is 4. The molecule has 0 aliphatic heterocycles. The highest BCUT2D eigenvalue weighted by Gasteiger charge is 2.32. The summed E-state index contributed by atoms with van der Waals surface area (Å²) in [6, 6.07) is 3.31. The largest absolute Gasteiger partial charge is 0.465 e. The van der Waals surface area contributed by atoms with Crippen LogP contribution in [0.2, 0.25) is 5.02 Å². The van der Waals surface area contributed by atoms with Crippen molar-refractivity contribution in [2.45, 2.75) is 44.3 Å². The Kier molecular flexibility index (Phi) is 8.63. The summed E-state index contributed by atoms with van der Waals surface area (Å²) in [4.78, 5) is 28.6. The predicted octanol–water partition coefficient (Wildman–Crippen LogP) is 5.31. The molecule has 11 nitrogen and oxygen atoms in total. The van der Waals surface area contributed by atoms with Gasteiger partial charge < -0.3 is 20.3 Å².